The molecule has 0 aliphatic carbocycles. The summed E-state index contributed by atoms with van der Waals surface area (Å²) in [7, 11) is 4.54. The Morgan fingerprint density at radius 3 is 2.24 bits per heavy atom. The third-order valence-electron chi connectivity index (χ3n) is 2.46. The molecule has 6 nitrogen and oxygen atoms in total. The van der Waals surface area contributed by atoms with Crippen LogP contribution in [0, 0.1) is 0 Å². The molecule has 1 amide bonds. The van der Waals surface area contributed by atoms with Crippen LogP contribution in [-0.4, -0.2) is 73.2 Å². The summed E-state index contributed by atoms with van der Waals surface area (Å²) in [6, 6.07) is 0. The van der Waals surface area contributed by atoms with Gasteiger partial charge < -0.3 is 14.7 Å². The maximum atomic E-state index is 11.5. The van der Waals surface area contributed by atoms with Gasteiger partial charge in [-0.15, -0.1) is 0 Å². The van der Waals surface area contributed by atoms with E-state index in [1.807, 2.05) is 6.92 Å². The van der Waals surface area contributed by atoms with E-state index in [0.29, 0.717) is 6.54 Å². The van der Waals surface area contributed by atoms with E-state index < -0.39 is 11.6 Å². The molecule has 0 aromatic carbocycles. The van der Waals surface area contributed by atoms with Crippen molar-refractivity contribution >= 4 is 11.9 Å². The number of likely N-dealkylation sites (N-methyl/N-ethyl adjacent to an activating group) is 2. The van der Waals surface area contributed by atoms with Crippen LogP contribution in [-0.2, 0) is 14.3 Å². The molecule has 0 aromatic heterocycles. The van der Waals surface area contributed by atoms with Crippen molar-refractivity contribution in [3.8, 4) is 0 Å². The third-order valence-corrected chi connectivity index (χ3v) is 2.46. The van der Waals surface area contributed by atoms with Crippen LogP contribution in [0.5, 0.6) is 0 Å². The average molecular weight is 246 g/mol. The van der Waals surface area contributed by atoms with E-state index in [-0.39, 0.29) is 19.0 Å². The molecule has 17 heavy (non-hydrogen) atoms. The van der Waals surface area contributed by atoms with Crippen molar-refractivity contribution in [3.05, 3.63) is 0 Å². The van der Waals surface area contributed by atoms with E-state index in [0.717, 1.165) is 0 Å². The predicted molar refractivity (Wildman–Crippen MR) is 63.4 cm³/mol. The number of aliphatic hydroxyl groups is 1. The van der Waals surface area contributed by atoms with Crippen LogP contribution in [0.4, 0.5) is 0 Å². The molecule has 6 heteroatoms. The summed E-state index contributed by atoms with van der Waals surface area (Å²) in [5, 5.41) is 9.89. The Kier molecular flexibility index (Phi) is 6.12. The van der Waals surface area contributed by atoms with Gasteiger partial charge in [0.15, 0.2) is 5.60 Å². The summed E-state index contributed by atoms with van der Waals surface area (Å²) < 4.78 is 4.50. The molecule has 100 valence electrons. The number of rotatable bonds is 6. The van der Waals surface area contributed by atoms with Crippen LogP contribution in [0.1, 0.15) is 13.8 Å². The molecular weight excluding hydrogens is 224 g/mol. The Labute approximate surface area is 102 Å². The number of carbonyl (C=O) groups excluding carboxylic acids is 2. The van der Waals surface area contributed by atoms with E-state index in [4.69, 9.17) is 0 Å². The molecule has 0 aliphatic rings. The summed E-state index contributed by atoms with van der Waals surface area (Å²) in [6.45, 7) is 4.02. The molecule has 0 rings (SSSR count). The van der Waals surface area contributed by atoms with Gasteiger partial charge in [-0.05, 0) is 13.5 Å². The van der Waals surface area contributed by atoms with Crippen LogP contribution >= 0.6 is 0 Å². The van der Waals surface area contributed by atoms with Gasteiger partial charge in [0.2, 0.25) is 5.91 Å². The summed E-state index contributed by atoms with van der Waals surface area (Å²) >= 11 is 0. The molecule has 1 unspecified atom stereocenters. The topological polar surface area (TPSA) is 70.1 Å². The van der Waals surface area contributed by atoms with Crippen LogP contribution in [0.3, 0.4) is 0 Å². The van der Waals surface area contributed by atoms with Crippen molar-refractivity contribution in [2.45, 2.75) is 19.4 Å². The molecular formula is C11H22N2O4. The first-order chi connectivity index (χ1) is 7.74. The highest BCUT2D eigenvalue weighted by Gasteiger charge is 2.33. The van der Waals surface area contributed by atoms with Gasteiger partial charge in [-0.1, -0.05) is 6.92 Å². The molecule has 0 aliphatic heterocycles. The fourth-order valence-corrected chi connectivity index (χ4v) is 1.33. The summed E-state index contributed by atoms with van der Waals surface area (Å²) in [4.78, 5) is 26.0. The molecule has 0 saturated heterocycles. The van der Waals surface area contributed by atoms with Gasteiger partial charge in [0.05, 0.1) is 13.7 Å². The van der Waals surface area contributed by atoms with Crippen LogP contribution < -0.4 is 0 Å². The predicted octanol–water partition coefficient (Wildman–Crippen LogP) is -0.679. The van der Waals surface area contributed by atoms with E-state index in [2.05, 4.69) is 4.74 Å². The lowest BCUT2D eigenvalue weighted by Crippen LogP contribution is -2.49. The number of carbonyl (C=O) groups is 2. The van der Waals surface area contributed by atoms with Crippen LogP contribution in [0.25, 0.3) is 0 Å². The first kappa shape index (κ1) is 15.9. The van der Waals surface area contributed by atoms with Crippen molar-refractivity contribution in [2.75, 3.05) is 40.8 Å². The van der Waals surface area contributed by atoms with Gasteiger partial charge in [-0.25, -0.2) is 4.79 Å². The lowest BCUT2D eigenvalue weighted by molar-refractivity contribution is -0.162. The van der Waals surface area contributed by atoms with E-state index in [1.165, 1.54) is 18.9 Å². The number of esters is 1. The largest absolute Gasteiger partial charge is 0.467 e. The number of amides is 1. The molecule has 0 saturated carbocycles. The highest BCUT2D eigenvalue weighted by Crippen LogP contribution is 2.08. The maximum absolute atomic E-state index is 11.5. The first-order valence-corrected chi connectivity index (χ1v) is 5.48. The number of nitrogens with zero attached hydrogens (tertiary/aromatic N) is 2. The first-order valence-electron chi connectivity index (χ1n) is 5.48. The van der Waals surface area contributed by atoms with Gasteiger partial charge >= 0.3 is 5.97 Å². The van der Waals surface area contributed by atoms with Gasteiger partial charge in [-0.2, -0.15) is 0 Å². The number of hydrogen-bond acceptors (Lipinski definition) is 5. The Balaban J connectivity index is 4.50. The monoisotopic (exact) mass is 246 g/mol. The molecule has 0 radical (unpaired) electrons. The molecule has 1 N–H and O–H groups in total. The third kappa shape index (κ3) is 5.14. The normalized spacial score (nSPS) is 14.3. The van der Waals surface area contributed by atoms with E-state index in [1.54, 1.807) is 19.0 Å². The van der Waals surface area contributed by atoms with Crippen molar-refractivity contribution in [3.63, 3.8) is 0 Å². The van der Waals surface area contributed by atoms with E-state index in [9.17, 15) is 14.7 Å². The molecule has 0 aromatic rings. The zero-order chi connectivity index (χ0) is 13.6. The fraction of sp³-hybridized carbons (Fsp3) is 0.818. The quantitative estimate of drug-likeness (QED) is 0.629. The summed E-state index contributed by atoms with van der Waals surface area (Å²) in [5.74, 6) is -0.777. The molecule has 1 atom stereocenters. The zero-order valence-corrected chi connectivity index (χ0v) is 11.2. The molecule has 0 fully saturated rings. The standard InChI is InChI=1S/C11H22N2O4/c1-6-13(7-9(14)12(3)4)8-11(2,16)10(15)17-5/h16H,6-8H2,1-5H3. The zero-order valence-electron chi connectivity index (χ0n) is 11.2. The summed E-state index contributed by atoms with van der Waals surface area (Å²) in [5.41, 5.74) is -1.60. The second-order valence-electron chi connectivity index (χ2n) is 4.36. The maximum Gasteiger partial charge on any atom is 0.338 e. The lowest BCUT2D eigenvalue weighted by Gasteiger charge is -2.29. The van der Waals surface area contributed by atoms with Crippen LogP contribution in [0.2, 0.25) is 0 Å². The second-order valence-corrected chi connectivity index (χ2v) is 4.36. The lowest BCUT2D eigenvalue weighted by atomic mass is 10.1. The number of ether oxygens (including phenoxy) is 1. The Morgan fingerprint density at radius 2 is 1.88 bits per heavy atom. The Morgan fingerprint density at radius 1 is 1.35 bits per heavy atom. The van der Waals surface area contributed by atoms with Crippen molar-refractivity contribution in [1.29, 1.82) is 0 Å². The van der Waals surface area contributed by atoms with Gasteiger partial charge in [0.25, 0.3) is 0 Å². The highest BCUT2D eigenvalue weighted by molar-refractivity contribution is 5.80. The number of methoxy groups -OCH3 is 1. The average Bonchev–Trinajstić information content (AvgIpc) is 2.26. The van der Waals surface area contributed by atoms with Crippen LogP contribution in [0.15, 0.2) is 0 Å². The smallest absolute Gasteiger partial charge is 0.338 e. The highest BCUT2D eigenvalue weighted by atomic mass is 16.5. The molecule has 0 heterocycles. The minimum atomic E-state index is -1.60. The minimum Gasteiger partial charge on any atom is -0.467 e. The minimum absolute atomic E-state index is 0.0652. The summed E-state index contributed by atoms with van der Waals surface area (Å²) in [6.07, 6.45) is 0. The van der Waals surface area contributed by atoms with Crippen molar-refractivity contribution in [1.82, 2.24) is 9.80 Å². The van der Waals surface area contributed by atoms with Crippen molar-refractivity contribution in [2.24, 2.45) is 0 Å². The van der Waals surface area contributed by atoms with Gasteiger partial charge in [0.1, 0.15) is 0 Å². The molecule has 0 spiro atoms. The van der Waals surface area contributed by atoms with Crippen molar-refractivity contribution < 1.29 is 19.4 Å². The number of hydrogen-bond donors (Lipinski definition) is 1. The van der Waals surface area contributed by atoms with Gasteiger partial charge in [0, 0.05) is 20.6 Å². The Bertz CT molecular complexity index is 277. The molecule has 0 bridgehead atoms. The van der Waals surface area contributed by atoms with E-state index >= 15 is 0 Å². The fourth-order valence-electron chi connectivity index (χ4n) is 1.33. The SMILES string of the molecule is CCN(CC(=O)N(C)C)CC(C)(O)C(=O)OC. The Hall–Kier alpha value is -1.14. The second kappa shape index (κ2) is 6.56. The van der Waals surface area contributed by atoms with Gasteiger partial charge in [-0.3, -0.25) is 9.69 Å².